The van der Waals surface area contributed by atoms with E-state index < -0.39 is 33.5 Å². The van der Waals surface area contributed by atoms with Crippen molar-refractivity contribution < 1.29 is 32.3 Å². The zero-order chi connectivity index (χ0) is 32.8. The molecule has 44 heavy (non-hydrogen) atoms. The van der Waals surface area contributed by atoms with Gasteiger partial charge in [0.25, 0.3) is 11.8 Å². The first kappa shape index (κ1) is 34.7. The maximum absolute atomic E-state index is 13.7. The Morgan fingerprint density at radius 3 is 2.32 bits per heavy atom. The molecular formula is C28H44N8O7S. The largest absolute Gasteiger partial charge is 0.477 e. The normalized spacial score (nSPS) is 14.7. The number of piperazine rings is 1. The summed E-state index contributed by atoms with van der Waals surface area (Å²) in [5.41, 5.74) is 5.20. The molecule has 0 radical (unpaired) electrons. The first-order valence-corrected chi connectivity index (χ1v) is 16.1. The van der Waals surface area contributed by atoms with E-state index in [1.165, 1.54) is 26.2 Å². The summed E-state index contributed by atoms with van der Waals surface area (Å²) < 4.78 is 40.7. The molecule has 1 saturated heterocycles. The van der Waals surface area contributed by atoms with Gasteiger partial charge in [-0.25, -0.2) is 18.2 Å². The molecular weight excluding hydrogens is 592 g/mol. The summed E-state index contributed by atoms with van der Waals surface area (Å²) in [6, 6.07) is 1.23. The first-order valence-electron chi connectivity index (χ1n) is 14.6. The lowest BCUT2D eigenvalue weighted by atomic mass is 10.2. The maximum Gasteiger partial charge on any atom is 0.410 e. The summed E-state index contributed by atoms with van der Waals surface area (Å²) in [4.78, 5) is 46.0. The number of nitrogens with two attached hydrogens (primary N) is 1. The van der Waals surface area contributed by atoms with Crippen LogP contribution < -0.4 is 15.8 Å². The Bertz CT molecular complexity index is 1460. The van der Waals surface area contributed by atoms with Crippen molar-refractivity contribution in [3.8, 4) is 5.88 Å². The second-order valence-electron chi connectivity index (χ2n) is 11.3. The second-order valence-corrected chi connectivity index (χ2v) is 13.2. The molecule has 3 rings (SSSR count). The number of hydrogen-bond acceptors (Lipinski definition) is 10. The zero-order valence-electron chi connectivity index (χ0n) is 26.5. The number of aromatic nitrogens is 3. The number of hydrogen-bond donors (Lipinski definition) is 2. The summed E-state index contributed by atoms with van der Waals surface area (Å²) in [6.07, 6.45) is 1.000. The molecule has 1 fully saturated rings. The summed E-state index contributed by atoms with van der Waals surface area (Å²) >= 11 is 0. The number of nitrogens with zero attached hydrogens (tertiary/aromatic N) is 6. The fraction of sp³-hybridized carbons (Fsp3) is 0.607. The minimum atomic E-state index is -3.94. The van der Waals surface area contributed by atoms with E-state index in [9.17, 15) is 22.8 Å². The van der Waals surface area contributed by atoms with E-state index in [-0.39, 0.29) is 47.4 Å². The smallest absolute Gasteiger partial charge is 0.410 e. The molecule has 0 atom stereocenters. The predicted molar refractivity (Wildman–Crippen MR) is 163 cm³/mol. The lowest BCUT2D eigenvalue weighted by Gasteiger charge is -2.33. The van der Waals surface area contributed by atoms with Gasteiger partial charge in [-0.1, -0.05) is 13.8 Å². The van der Waals surface area contributed by atoms with Crippen molar-refractivity contribution in [1.82, 2.24) is 28.9 Å². The molecule has 0 saturated carbocycles. The van der Waals surface area contributed by atoms with Gasteiger partial charge in [-0.05, 0) is 46.7 Å². The van der Waals surface area contributed by atoms with E-state index >= 15 is 0 Å². The Balaban J connectivity index is 1.92. The van der Waals surface area contributed by atoms with Crippen LogP contribution in [0.25, 0.3) is 0 Å². The van der Waals surface area contributed by atoms with E-state index in [1.807, 2.05) is 13.8 Å². The van der Waals surface area contributed by atoms with Crippen LogP contribution in [0.4, 0.5) is 10.5 Å². The second kappa shape index (κ2) is 14.3. The first-order chi connectivity index (χ1) is 20.6. The number of ether oxygens (including phenoxy) is 2. The number of amides is 3. The molecule has 3 heterocycles. The van der Waals surface area contributed by atoms with Gasteiger partial charge in [-0.2, -0.15) is 9.40 Å². The maximum atomic E-state index is 13.7. The molecule has 0 spiro atoms. The van der Waals surface area contributed by atoms with Gasteiger partial charge in [0.05, 0.1) is 30.7 Å². The quantitative estimate of drug-likeness (QED) is 0.348. The fourth-order valence-corrected chi connectivity index (χ4v) is 6.02. The number of rotatable bonds is 12. The standard InChI is InChI=1S/C28H44N8O7S/c1-8-21-22(23(24(29)37)32-36(21)16-11-33(7)27(39)43-28(4,5)6)31-25(38)20-17-19(18-30-26(20)42-10-3)44(40,41)35-14-12-34(9-2)13-15-35/h17-18H,8-16H2,1-7H3,(H2,29,37)(H,31,38). The number of nitrogens with one attached hydrogen (secondary N) is 1. The van der Waals surface area contributed by atoms with Gasteiger partial charge in [-0.3, -0.25) is 14.3 Å². The predicted octanol–water partition coefficient (Wildman–Crippen LogP) is 1.78. The molecule has 244 valence electrons. The highest BCUT2D eigenvalue weighted by Gasteiger charge is 2.31. The Labute approximate surface area is 258 Å². The SMILES string of the molecule is CCOc1ncc(S(=O)(=O)N2CCN(CC)CC2)cc1C(=O)Nc1c(C(N)=O)nn(CCN(C)C(=O)OC(C)(C)C)c1CC. The molecule has 16 heteroatoms. The summed E-state index contributed by atoms with van der Waals surface area (Å²) in [5.74, 6) is -1.69. The Hall–Kier alpha value is -3.76. The van der Waals surface area contributed by atoms with Crippen LogP contribution >= 0.6 is 0 Å². The minimum absolute atomic E-state index is 0.0650. The van der Waals surface area contributed by atoms with Gasteiger partial charge >= 0.3 is 6.09 Å². The number of primary amides is 1. The van der Waals surface area contributed by atoms with Crippen molar-refractivity contribution in [3.63, 3.8) is 0 Å². The van der Waals surface area contributed by atoms with Crippen molar-refractivity contribution in [2.45, 2.75) is 65.0 Å². The van der Waals surface area contributed by atoms with Gasteiger partial charge in [0.1, 0.15) is 16.1 Å². The van der Waals surface area contributed by atoms with Gasteiger partial charge in [0.15, 0.2) is 5.69 Å². The monoisotopic (exact) mass is 636 g/mol. The Morgan fingerprint density at radius 2 is 1.77 bits per heavy atom. The highest BCUT2D eigenvalue weighted by atomic mass is 32.2. The van der Waals surface area contributed by atoms with Crippen LogP contribution in [0.3, 0.4) is 0 Å². The van der Waals surface area contributed by atoms with Crippen LogP contribution in [0.15, 0.2) is 17.2 Å². The van der Waals surface area contributed by atoms with Crippen LogP contribution in [0.2, 0.25) is 0 Å². The van der Waals surface area contributed by atoms with Gasteiger partial charge in [0, 0.05) is 39.8 Å². The number of likely N-dealkylation sites (N-methyl/N-ethyl adjacent to an activating group) is 2. The number of anilines is 1. The molecule has 2 aromatic heterocycles. The number of carbonyl (C=O) groups is 3. The van der Waals surface area contributed by atoms with Gasteiger partial charge < -0.3 is 30.3 Å². The number of sulfonamides is 1. The highest BCUT2D eigenvalue weighted by Crippen LogP contribution is 2.27. The average molecular weight is 637 g/mol. The van der Waals surface area contributed by atoms with Gasteiger partial charge in [0.2, 0.25) is 15.9 Å². The Morgan fingerprint density at radius 1 is 1.11 bits per heavy atom. The summed E-state index contributed by atoms with van der Waals surface area (Å²) in [7, 11) is -2.37. The summed E-state index contributed by atoms with van der Waals surface area (Å²) in [6.45, 7) is 14.0. The summed E-state index contributed by atoms with van der Waals surface area (Å²) in [5, 5.41) is 7.01. The van der Waals surface area contributed by atoms with Crippen molar-refractivity contribution in [2.75, 3.05) is 58.2 Å². The highest BCUT2D eigenvalue weighted by molar-refractivity contribution is 7.89. The Kier molecular flexibility index (Phi) is 11.3. The fourth-order valence-electron chi connectivity index (χ4n) is 4.63. The molecule has 0 unspecified atom stereocenters. The number of carbonyl (C=O) groups excluding carboxylic acids is 3. The van der Waals surface area contributed by atoms with Crippen LogP contribution in [-0.4, -0.2) is 114 Å². The van der Waals surface area contributed by atoms with E-state index in [0.29, 0.717) is 38.3 Å². The zero-order valence-corrected chi connectivity index (χ0v) is 27.4. The van der Waals surface area contributed by atoms with Gasteiger partial charge in [-0.15, -0.1) is 0 Å². The van der Waals surface area contributed by atoms with Crippen molar-refractivity contribution in [2.24, 2.45) is 5.73 Å². The molecule has 3 amide bonds. The molecule has 15 nitrogen and oxygen atoms in total. The average Bonchev–Trinajstić information content (AvgIpc) is 3.32. The van der Waals surface area contributed by atoms with Crippen LogP contribution in [0.1, 0.15) is 68.1 Å². The van der Waals surface area contributed by atoms with Crippen molar-refractivity contribution in [1.29, 1.82) is 0 Å². The molecule has 2 aromatic rings. The van der Waals surface area contributed by atoms with Crippen LogP contribution in [-0.2, 0) is 27.7 Å². The molecule has 1 aliphatic heterocycles. The molecule has 0 aromatic carbocycles. The third-order valence-corrected chi connectivity index (χ3v) is 8.85. The molecule has 3 N–H and O–H groups in total. The van der Waals surface area contributed by atoms with E-state index in [4.69, 9.17) is 15.2 Å². The molecule has 0 aliphatic carbocycles. The molecule has 0 bridgehead atoms. The van der Waals surface area contributed by atoms with E-state index in [0.717, 1.165) is 6.54 Å². The number of pyridine rings is 1. The topological polar surface area (TPSA) is 182 Å². The minimum Gasteiger partial charge on any atom is -0.477 e. The lowest BCUT2D eigenvalue weighted by Crippen LogP contribution is -2.48. The van der Waals surface area contributed by atoms with Crippen LogP contribution in [0, 0.1) is 0 Å². The van der Waals surface area contributed by atoms with Crippen LogP contribution in [0.5, 0.6) is 5.88 Å². The van der Waals surface area contributed by atoms with E-state index in [2.05, 4.69) is 20.3 Å². The lowest BCUT2D eigenvalue weighted by molar-refractivity contribution is 0.0291. The van der Waals surface area contributed by atoms with Crippen molar-refractivity contribution in [3.05, 3.63) is 29.2 Å². The third kappa shape index (κ3) is 8.24. The van der Waals surface area contributed by atoms with Crippen molar-refractivity contribution >= 4 is 33.6 Å². The third-order valence-electron chi connectivity index (χ3n) is 6.98. The molecule has 1 aliphatic rings. The van der Waals surface area contributed by atoms with E-state index in [1.54, 1.807) is 34.7 Å².